The largest absolute Gasteiger partial charge is 0.493 e. The van der Waals surface area contributed by atoms with Gasteiger partial charge in [-0.1, -0.05) is 36.4 Å². The molecule has 3 rings (SSSR count). The van der Waals surface area contributed by atoms with Gasteiger partial charge in [0.25, 0.3) is 5.91 Å². The molecule has 0 atom stereocenters. The summed E-state index contributed by atoms with van der Waals surface area (Å²) in [7, 11) is 0. The van der Waals surface area contributed by atoms with Crippen molar-refractivity contribution in [2.75, 3.05) is 6.61 Å². The lowest BCUT2D eigenvalue weighted by atomic mass is 10.0. The number of aromatic nitrogens is 1. The van der Waals surface area contributed by atoms with E-state index in [2.05, 4.69) is 10.3 Å². The summed E-state index contributed by atoms with van der Waals surface area (Å²) in [5, 5.41) is 4.85. The molecule has 0 unspecified atom stereocenters. The number of pyridine rings is 1. The molecular formula is C19H18N2O2. The minimum atomic E-state index is -0.144. The monoisotopic (exact) mass is 306 g/mol. The number of ether oxygens (including phenoxy) is 1. The van der Waals surface area contributed by atoms with Crippen LogP contribution < -0.4 is 10.1 Å². The Kier molecular flexibility index (Phi) is 4.52. The first-order valence-electron chi connectivity index (χ1n) is 7.61. The Morgan fingerprint density at radius 1 is 1.13 bits per heavy atom. The second kappa shape index (κ2) is 6.92. The molecule has 23 heavy (non-hydrogen) atoms. The zero-order valence-corrected chi connectivity index (χ0v) is 13.0. The lowest BCUT2D eigenvalue weighted by Gasteiger charge is -2.13. The van der Waals surface area contributed by atoms with Crippen LogP contribution in [0, 0.1) is 0 Å². The summed E-state index contributed by atoms with van der Waals surface area (Å²) in [6.07, 6.45) is 3.45. The van der Waals surface area contributed by atoms with E-state index < -0.39 is 0 Å². The Bertz CT molecular complexity index is 816. The molecule has 1 amide bonds. The lowest BCUT2D eigenvalue weighted by Crippen LogP contribution is -2.24. The molecule has 116 valence electrons. The van der Waals surface area contributed by atoms with E-state index in [1.807, 2.05) is 55.5 Å². The molecule has 0 radical (unpaired) electrons. The molecule has 0 saturated heterocycles. The first-order valence-corrected chi connectivity index (χ1v) is 7.61. The Labute approximate surface area is 135 Å². The van der Waals surface area contributed by atoms with E-state index in [1.54, 1.807) is 12.4 Å². The summed E-state index contributed by atoms with van der Waals surface area (Å²) in [5.41, 5.74) is 1.54. The van der Waals surface area contributed by atoms with Gasteiger partial charge in [-0.2, -0.15) is 0 Å². The fourth-order valence-electron chi connectivity index (χ4n) is 2.53. The van der Waals surface area contributed by atoms with Gasteiger partial charge in [-0.25, -0.2) is 0 Å². The molecule has 4 nitrogen and oxygen atoms in total. The molecule has 1 aromatic heterocycles. The SMILES string of the molecule is CCOc1ccc2ccccc2c1C(=O)NCc1cccnc1. The first-order chi connectivity index (χ1) is 11.3. The molecule has 0 aliphatic carbocycles. The van der Waals surface area contributed by atoms with Crippen LogP contribution in [0.1, 0.15) is 22.8 Å². The Morgan fingerprint density at radius 3 is 2.78 bits per heavy atom. The van der Waals surface area contributed by atoms with Crippen LogP contribution in [-0.2, 0) is 6.54 Å². The van der Waals surface area contributed by atoms with Crippen molar-refractivity contribution in [3.8, 4) is 5.75 Å². The van der Waals surface area contributed by atoms with Gasteiger partial charge in [0.2, 0.25) is 0 Å². The van der Waals surface area contributed by atoms with Crippen molar-refractivity contribution in [2.45, 2.75) is 13.5 Å². The number of nitrogens with zero attached hydrogens (tertiary/aromatic N) is 1. The van der Waals surface area contributed by atoms with Crippen molar-refractivity contribution in [3.63, 3.8) is 0 Å². The second-order valence-electron chi connectivity index (χ2n) is 5.14. The number of rotatable bonds is 5. The minimum Gasteiger partial charge on any atom is -0.493 e. The first kappa shape index (κ1) is 15.0. The summed E-state index contributed by atoms with van der Waals surface area (Å²) in [6, 6.07) is 15.4. The van der Waals surface area contributed by atoms with Crippen molar-refractivity contribution in [1.82, 2.24) is 10.3 Å². The highest BCUT2D eigenvalue weighted by Gasteiger charge is 2.16. The Balaban J connectivity index is 1.93. The number of hydrogen-bond acceptors (Lipinski definition) is 3. The summed E-state index contributed by atoms with van der Waals surface area (Å²) >= 11 is 0. The fourth-order valence-corrected chi connectivity index (χ4v) is 2.53. The third-order valence-corrected chi connectivity index (χ3v) is 3.59. The van der Waals surface area contributed by atoms with Gasteiger partial charge in [-0.05, 0) is 35.4 Å². The van der Waals surface area contributed by atoms with Gasteiger partial charge in [-0.15, -0.1) is 0 Å². The molecule has 1 N–H and O–H groups in total. The number of hydrogen-bond donors (Lipinski definition) is 1. The van der Waals surface area contributed by atoms with Crippen LogP contribution in [0.5, 0.6) is 5.75 Å². The fraction of sp³-hybridized carbons (Fsp3) is 0.158. The Morgan fingerprint density at radius 2 is 2.00 bits per heavy atom. The molecular weight excluding hydrogens is 288 g/mol. The van der Waals surface area contributed by atoms with Crippen molar-refractivity contribution in [1.29, 1.82) is 0 Å². The van der Waals surface area contributed by atoms with Crippen LogP contribution in [0.3, 0.4) is 0 Å². The summed E-state index contributed by atoms with van der Waals surface area (Å²) < 4.78 is 5.65. The van der Waals surface area contributed by atoms with Crippen LogP contribution in [0.4, 0.5) is 0 Å². The summed E-state index contributed by atoms with van der Waals surface area (Å²) in [5.74, 6) is 0.462. The predicted octanol–water partition coefficient (Wildman–Crippen LogP) is 3.56. The van der Waals surface area contributed by atoms with E-state index in [-0.39, 0.29) is 5.91 Å². The van der Waals surface area contributed by atoms with Gasteiger partial charge < -0.3 is 10.1 Å². The molecule has 4 heteroatoms. The van der Waals surface area contributed by atoms with Crippen LogP contribution >= 0.6 is 0 Å². The summed E-state index contributed by atoms with van der Waals surface area (Å²) in [4.78, 5) is 16.8. The number of carbonyl (C=O) groups excluding carboxylic acids is 1. The third-order valence-electron chi connectivity index (χ3n) is 3.59. The van der Waals surface area contributed by atoms with Gasteiger partial charge in [0, 0.05) is 18.9 Å². The quantitative estimate of drug-likeness (QED) is 0.784. The highest BCUT2D eigenvalue weighted by Crippen LogP contribution is 2.28. The predicted molar refractivity (Wildman–Crippen MR) is 90.5 cm³/mol. The van der Waals surface area contributed by atoms with Crippen LogP contribution in [-0.4, -0.2) is 17.5 Å². The minimum absolute atomic E-state index is 0.144. The average Bonchev–Trinajstić information content (AvgIpc) is 2.60. The summed E-state index contributed by atoms with van der Waals surface area (Å²) in [6.45, 7) is 2.86. The van der Waals surface area contributed by atoms with Crippen molar-refractivity contribution < 1.29 is 9.53 Å². The van der Waals surface area contributed by atoms with Crippen LogP contribution in [0.15, 0.2) is 60.9 Å². The molecule has 0 aliphatic heterocycles. The van der Waals surface area contributed by atoms with E-state index in [4.69, 9.17) is 4.74 Å². The molecule has 2 aromatic carbocycles. The maximum atomic E-state index is 12.7. The average molecular weight is 306 g/mol. The molecule has 0 spiro atoms. The van der Waals surface area contributed by atoms with Crippen molar-refractivity contribution in [3.05, 3.63) is 72.1 Å². The number of amides is 1. The van der Waals surface area contributed by atoms with Gasteiger partial charge in [0.05, 0.1) is 12.2 Å². The van der Waals surface area contributed by atoms with Crippen LogP contribution in [0.2, 0.25) is 0 Å². The highest BCUT2D eigenvalue weighted by atomic mass is 16.5. The number of nitrogens with one attached hydrogen (secondary N) is 1. The van der Waals surface area contributed by atoms with Gasteiger partial charge in [0.15, 0.2) is 0 Å². The van der Waals surface area contributed by atoms with E-state index in [9.17, 15) is 4.79 Å². The Hall–Kier alpha value is -2.88. The van der Waals surface area contributed by atoms with Gasteiger partial charge in [0.1, 0.15) is 5.75 Å². The van der Waals surface area contributed by atoms with Gasteiger partial charge in [-0.3, -0.25) is 9.78 Å². The molecule has 0 aliphatic rings. The zero-order chi connectivity index (χ0) is 16.1. The molecule has 0 bridgehead atoms. The molecule has 1 heterocycles. The number of fused-ring (bicyclic) bond motifs is 1. The van der Waals surface area contributed by atoms with E-state index in [0.717, 1.165) is 16.3 Å². The van der Waals surface area contributed by atoms with E-state index in [0.29, 0.717) is 24.5 Å². The molecule has 3 aromatic rings. The van der Waals surface area contributed by atoms with Gasteiger partial charge >= 0.3 is 0 Å². The third kappa shape index (κ3) is 3.31. The van der Waals surface area contributed by atoms with Crippen molar-refractivity contribution >= 4 is 16.7 Å². The maximum Gasteiger partial charge on any atom is 0.255 e. The van der Waals surface area contributed by atoms with Crippen molar-refractivity contribution in [2.24, 2.45) is 0 Å². The molecule has 0 fully saturated rings. The zero-order valence-electron chi connectivity index (χ0n) is 13.0. The van der Waals surface area contributed by atoms with E-state index in [1.165, 1.54) is 0 Å². The second-order valence-corrected chi connectivity index (χ2v) is 5.14. The number of carbonyl (C=O) groups is 1. The smallest absolute Gasteiger partial charge is 0.255 e. The van der Waals surface area contributed by atoms with E-state index >= 15 is 0 Å². The lowest BCUT2D eigenvalue weighted by molar-refractivity contribution is 0.0949. The normalized spacial score (nSPS) is 10.5. The number of benzene rings is 2. The topological polar surface area (TPSA) is 51.2 Å². The maximum absolute atomic E-state index is 12.7. The van der Waals surface area contributed by atoms with Crippen LogP contribution in [0.25, 0.3) is 10.8 Å². The standard InChI is InChI=1S/C19H18N2O2/c1-2-23-17-10-9-15-7-3-4-8-16(15)18(17)19(22)21-13-14-6-5-11-20-12-14/h3-12H,2,13H2,1H3,(H,21,22). The molecule has 0 saturated carbocycles. The highest BCUT2D eigenvalue weighted by molar-refractivity contribution is 6.09.